The molecule has 0 N–H and O–H groups in total. The monoisotopic (exact) mass is 593 g/mol. The number of ether oxygens (including phenoxy) is 3. The number of amides is 2. The average molecular weight is 594 g/mol. The van der Waals surface area contributed by atoms with Crippen molar-refractivity contribution in [2.75, 3.05) is 20.3 Å². The second-order valence-electron chi connectivity index (χ2n) is 12.4. The number of rotatable bonds is 11. The Labute approximate surface area is 258 Å². The molecule has 7 nitrogen and oxygen atoms in total. The Balaban J connectivity index is 0.00000119. The number of Topliss-reactive ketones (excluding diaryl/α,β-unsaturated/α-hetero) is 1. The third kappa shape index (κ3) is 9.27. The van der Waals surface area contributed by atoms with Gasteiger partial charge in [0, 0.05) is 31.3 Å². The van der Waals surface area contributed by atoms with E-state index < -0.39 is 23.2 Å². The van der Waals surface area contributed by atoms with Crippen LogP contribution in [0, 0.1) is 11.3 Å². The van der Waals surface area contributed by atoms with Crippen LogP contribution in [-0.4, -0.2) is 48.6 Å². The lowest BCUT2D eigenvalue weighted by Crippen LogP contribution is -2.52. The van der Waals surface area contributed by atoms with E-state index in [1.165, 1.54) is 11.8 Å². The molecule has 0 aliphatic heterocycles. The summed E-state index contributed by atoms with van der Waals surface area (Å²) >= 11 is 0. The normalized spacial score (nSPS) is 15.3. The predicted octanol–water partition coefficient (Wildman–Crippen LogP) is 8.18. The Bertz CT molecular complexity index is 1260. The van der Waals surface area contributed by atoms with E-state index in [4.69, 9.17) is 14.2 Å². The average Bonchev–Trinajstić information content (AvgIpc) is 3.34. The van der Waals surface area contributed by atoms with Gasteiger partial charge in [-0.15, -0.1) is 0 Å². The van der Waals surface area contributed by atoms with Gasteiger partial charge in [0.15, 0.2) is 5.78 Å². The Hall–Kier alpha value is -3.45. The summed E-state index contributed by atoms with van der Waals surface area (Å²) in [6.45, 7) is 17.6. The molecule has 1 aliphatic rings. The molecule has 3 atom stereocenters. The van der Waals surface area contributed by atoms with Crippen molar-refractivity contribution in [3.8, 4) is 0 Å². The highest BCUT2D eigenvalue weighted by molar-refractivity contribution is 6.02. The molecule has 43 heavy (non-hydrogen) atoms. The smallest absolute Gasteiger partial charge is 0.417 e. The van der Waals surface area contributed by atoms with Crippen LogP contribution >= 0.6 is 0 Å². The van der Waals surface area contributed by atoms with Crippen molar-refractivity contribution in [3.05, 3.63) is 76.9 Å². The summed E-state index contributed by atoms with van der Waals surface area (Å²) in [5.74, 6) is -0.0224. The molecule has 0 fully saturated rings. The third-order valence-corrected chi connectivity index (χ3v) is 7.92. The molecule has 0 saturated carbocycles. The molecule has 0 heterocycles. The molecule has 0 spiro atoms. The maximum absolute atomic E-state index is 14.4. The van der Waals surface area contributed by atoms with Gasteiger partial charge in [-0.05, 0) is 65.0 Å². The highest BCUT2D eigenvalue weighted by atomic mass is 16.6. The zero-order chi connectivity index (χ0) is 32.4. The number of allylic oxidation sites excluding steroid dienone is 1. The quantitative estimate of drug-likeness (QED) is 0.261. The van der Waals surface area contributed by atoms with E-state index in [9.17, 15) is 14.4 Å². The minimum atomic E-state index is -1.07. The van der Waals surface area contributed by atoms with Crippen LogP contribution in [0.2, 0.25) is 0 Å². The minimum absolute atomic E-state index is 0.0160. The van der Waals surface area contributed by atoms with E-state index in [1.54, 1.807) is 27.9 Å². The summed E-state index contributed by atoms with van der Waals surface area (Å²) in [4.78, 5) is 41.7. The lowest BCUT2D eigenvalue weighted by atomic mass is 9.75. The first-order valence-electron chi connectivity index (χ1n) is 15.3. The molecule has 7 heteroatoms. The van der Waals surface area contributed by atoms with Gasteiger partial charge in [0.25, 0.3) is 0 Å². The second-order valence-corrected chi connectivity index (χ2v) is 12.4. The number of methoxy groups -OCH3 is 1. The van der Waals surface area contributed by atoms with Gasteiger partial charge in [-0.1, -0.05) is 81.8 Å². The van der Waals surface area contributed by atoms with Crippen molar-refractivity contribution in [2.45, 2.75) is 93.2 Å². The molecule has 1 aliphatic carbocycles. The van der Waals surface area contributed by atoms with Crippen molar-refractivity contribution in [2.24, 2.45) is 11.3 Å². The van der Waals surface area contributed by atoms with E-state index in [2.05, 4.69) is 6.92 Å². The van der Waals surface area contributed by atoms with Crippen LogP contribution in [0.4, 0.5) is 4.79 Å². The summed E-state index contributed by atoms with van der Waals surface area (Å²) in [6.07, 6.45) is 1.63. The van der Waals surface area contributed by atoms with Crippen LogP contribution in [0.1, 0.15) is 97.9 Å². The van der Waals surface area contributed by atoms with Crippen molar-refractivity contribution in [1.29, 1.82) is 0 Å². The van der Waals surface area contributed by atoms with Gasteiger partial charge in [-0.2, -0.15) is 0 Å². The summed E-state index contributed by atoms with van der Waals surface area (Å²) in [5, 5.41) is 0. The molecule has 0 radical (unpaired) electrons. The SMILES string of the molecule is CCC(C)C(C)(COC1=C(C(C)=O)Cc2ccccc21)C(=O)N(C(=O)OC(C)(C)C)[C@@H](C)c1ccccc1.CCCOC. The van der Waals surface area contributed by atoms with Crippen molar-refractivity contribution < 1.29 is 28.6 Å². The first-order chi connectivity index (χ1) is 20.2. The lowest BCUT2D eigenvalue weighted by molar-refractivity contribution is -0.148. The molecule has 2 aromatic carbocycles. The van der Waals surface area contributed by atoms with Crippen LogP contribution in [-0.2, 0) is 30.2 Å². The molecular weight excluding hydrogens is 542 g/mol. The van der Waals surface area contributed by atoms with Gasteiger partial charge in [-0.25, -0.2) is 9.69 Å². The molecular formula is C36H51NO6. The number of imide groups is 1. The van der Waals surface area contributed by atoms with Crippen LogP contribution in [0.25, 0.3) is 5.76 Å². The molecule has 0 bridgehead atoms. The summed E-state index contributed by atoms with van der Waals surface area (Å²) in [5.41, 5.74) is 1.48. The summed E-state index contributed by atoms with van der Waals surface area (Å²) in [7, 11) is 1.71. The number of carbonyl (C=O) groups is 3. The first kappa shape index (κ1) is 35.7. The Kier molecular flexibility index (Phi) is 13.2. The maximum Gasteiger partial charge on any atom is 0.417 e. The van der Waals surface area contributed by atoms with E-state index in [1.807, 2.05) is 82.3 Å². The fraction of sp³-hybridized carbons (Fsp3) is 0.528. The minimum Gasteiger partial charge on any atom is -0.491 e. The van der Waals surface area contributed by atoms with Gasteiger partial charge in [0.2, 0.25) is 5.91 Å². The molecule has 2 amide bonds. The summed E-state index contributed by atoms with van der Waals surface area (Å²) in [6, 6.07) is 16.7. The lowest BCUT2D eigenvalue weighted by Gasteiger charge is -2.40. The van der Waals surface area contributed by atoms with Crippen LogP contribution < -0.4 is 0 Å². The molecule has 0 saturated heterocycles. The number of fused-ring (bicyclic) bond motifs is 1. The number of benzene rings is 2. The van der Waals surface area contributed by atoms with Crippen molar-refractivity contribution in [3.63, 3.8) is 0 Å². The Morgan fingerprint density at radius 3 is 2.05 bits per heavy atom. The largest absolute Gasteiger partial charge is 0.491 e. The number of ketones is 1. The fourth-order valence-electron chi connectivity index (χ4n) is 4.95. The number of nitrogens with zero attached hydrogens (tertiary/aromatic N) is 1. The van der Waals surface area contributed by atoms with E-state index >= 15 is 0 Å². The second kappa shape index (κ2) is 15.9. The fourth-order valence-corrected chi connectivity index (χ4v) is 4.95. The molecule has 236 valence electrons. The topological polar surface area (TPSA) is 82.1 Å². The maximum atomic E-state index is 14.4. The zero-order valence-electron chi connectivity index (χ0n) is 27.8. The first-order valence-corrected chi connectivity index (χ1v) is 15.3. The van der Waals surface area contributed by atoms with Gasteiger partial charge in [0.1, 0.15) is 18.0 Å². The molecule has 2 aromatic rings. The number of hydrogen-bond donors (Lipinski definition) is 0. The van der Waals surface area contributed by atoms with Crippen LogP contribution in [0.15, 0.2) is 60.2 Å². The highest BCUT2D eigenvalue weighted by Gasteiger charge is 2.47. The third-order valence-electron chi connectivity index (χ3n) is 7.92. The van der Waals surface area contributed by atoms with Gasteiger partial charge < -0.3 is 14.2 Å². The Morgan fingerprint density at radius 1 is 0.930 bits per heavy atom. The molecule has 3 rings (SSSR count). The zero-order valence-corrected chi connectivity index (χ0v) is 27.8. The van der Waals surface area contributed by atoms with Crippen LogP contribution in [0.3, 0.4) is 0 Å². The summed E-state index contributed by atoms with van der Waals surface area (Å²) < 4.78 is 16.8. The van der Waals surface area contributed by atoms with Crippen molar-refractivity contribution >= 4 is 23.5 Å². The number of carbonyl (C=O) groups excluding carboxylic acids is 3. The highest BCUT2D eigenvalue weighted by Crippen LogP contribution is 2.40. The Morgan fingerprint density at radius 2 is 1.53 bits per heavy atom. The molecule has 0 aromatic heterocycles. The van der Waals surface area contributed by atoms with Crippen molar-refractivity contribution in [1.82, 2.24) is 4.90 Å². The standard InChI is InChI=1S/C32H41NO5.C4H10O/c1-9-21(2)32(8,20-37-28-26-18-14-13-17-25(26)19-27(28)23(4)34)29(35)33(30(36)38-31(5,6)7)22(3)24-15-11-10-12-16-24;1-3-4-5-2/h10-18,21-22H,9,19-20H2,1-8H3;3-4H2,1-2H3/t21?,22-,32?;/m0./s1. The van der Waals surface area contributed by atoms with Gasteiger partial charge >= 0.3 is 6.09 Å². The predicted molar refractivity (Wildman–Crippen MR) is 171 cm³/mol. The van der Waals surface area contributed by atoms with E-state index in [0.29, 0.717) is 24.2 Å². The molecule has 2 unspecified atom stereocenters. The van der Waals surface area contributed by atoms with Gasteiger partial charge in [-0.3, -0.25) is 9.59 Å². The number of hydrogen-bond acceptors (Lipinski definition) is 6. The van der Waals surface area contributed by atoms with E-state index in [-0.39, 0.29) is 24.2 Å². The van der Waals surface area contributed by atoms with Gasteiger partial charge in [0.05, 0.1) is 11.5 Å². The van der Waals surface area contributed by atoms with E-state index in [0.717, 1.165) is 29.7 Å². The van der Waals surface area contributed by atoms with Crippen LogP contribution in [0.5, 0.6) is 0 Å².